The van der Waals surface area contributed by atoms with Crippen LogP contribution < -0.4 is 9.80 Å². The molecule has 3 aliphatic heterocycles. The molecule has 2 bridgehead atoms. The minimum Gasteiger partial charge on any atom is -0.461 e. The summed E-state index contributed by atoms with van der Waals surface area (Å²) in [7, 11) is 0. The standard InChI is InChI=1S/C35H42BrN3O5S/c1-5-18-38(25-16-14-24(15-17-25)37(7-3)8-4)33(42)31-35-21-27(36)30(45-35)28(34(43)44-19-6-2)29(35)32(41)39(31)26(22-40)20-23-12-10-9-11-13-23/h5-6,9-17,26-31,40H,1-2,7-8,18-22H2,3-4H3/t26-,27?,28+,29+,30+,31?,35?/m1/s1. The predicted molar refractivity (Wildman–Crippen MR) is 184 cm³/mol. The number of benzene rings is 2. The Labute approximate surface area is 278 Å². The summed E-state index contributed by atoms with van der Waals surface area (Å²) in [5.74, 6) is -2.47. The zero-order chi connectivity index (χ0) is 32.3. The topological polar surface area (TPSA) is 90.4 Å². The zero-order valence-electron chi connectivity index (χ0n) is 25.9. The largest absolute Gasteiger partial charge is 0.461 e. The van der Waals surface area contributed by atoms with Gasteiger partial charge in [0.15, 0.2) is 0 Å². The molecule has 240 valence electrons. The van der Waals surface area contributed by atoms with Gasteiger partial charge in [-0.3, -0.25) is 14.4 Å². The van der Waals surface area contributed by atoms with Crippen LogP contribution in [0.5, 0.6) is 0 Å². The van der Waals surface area contributed by atoms with Crippen molar-refractivity contribution in [2.75, 3.05) is 42.6 Å². The quantitative estimate of drug-likeness (QED) is 0.172. The Kier molecular flexibility index (Phi) is 10.5. The number of rotatable bonds is 14. The third-order valence-corrected chi connectivity index (χ3v) is 12.6. The van der Waals surface area contributed by atoms with Crippen LogP contribution in [0.2, 0.25) is 0 Å². The van der Waals surface area contributed by atoms with Gasteiger partial charge in [0.05, 0.1) is 29.2 Å². The molecule has 0 radical (unpaired) electrons. The van der Waals surface area contributed by atoms with Gasteiger partial charge < -0.3 is 24.5 Å². The van der Waals surface area contributed by atoms with E-state index in [0.29, 0.717) is 18.5 Å². The number of anilines is 2. The lowest BCUT2D eigenvalue weighted by molar-refractivity contribution is -0.153. The number of amides is 2. The van der Waals surface area contributed by atoms with Crippen molar-refractivity contribution in [1.82, 2.24) is 4.90 Å². The number of esters is 1. The number of halogens is 1. The van der Waals surface area contributed by atoms with Crippen LogP contribution in [0.25, 0.3) is 0 Å². The van der Waals surface area contributed by atoms with Crippen molar-refractivity contribution in [3.63, 3.8) is 0 Å². The highest BCUT2D eigenvalue weighted by Gasteiger charge is 2.76. The first kappa shape index (κ1) is 33.3. The Hall–Kier alpha value is -3.08. The molecule has 45 heavy (non-hydrogen) atoms. The van der Waals surface area contributed by atoms with Crippen LogP contribution in [-0.4, -0.2) is 87.5 Å². The van der Waals surface area contributed by atoms with Gasteiger partial charge in [0, 0.05) is 41.1 Å². The van der Waals surface area contributed by atoms with Gasteiger partial charge in [-0.2, -0.15) is 0 Å². The van der Waals surface area contributed by atoms with Crippen molar-refractivity contribution in [3.8, 4) is 0 Å². The molecule has 3 unspecified atom stereocenters. The molecule has 3 fully saturated rings. The van der Waals surface area contributed by atoms with E-state index in [1.807, 2.05) is 54.6 Å². The number of nitrogens with zero attached hydrogens (tertiary/aromatic N) is 3. The maximum Gasteiger partial charge on any atom is 0.311 e. The summed E-state index contributed by atoms with van der Waals surface area (Å²) < 4.78 is 4.64. The van der Waals surface area contributed by atoms with E-state index in [-0.39, 0.29) is 41.6 Å². The minimum atomic E-state index is -0.912. The molecule has 8 nitrogen and oxygen atoms in total. The SMILES string of the molecule is C=CCOC(=O)[C@H]1[C@H]2C(=O)N([C@@H](CO)Cc3ccccc3)C(C(=O)N(CC=C)c3ccc(N(CC)CC)cc3)C23CC(Br)[C@@H]1S3. The molecule has 0 aliphatic carbocycles. The second-order valence-electron chi connectivity index (χ2n) is 11.8. The molecule has 1 N–H and O–H groups in total. The molecular weight excluding hydrogens is 654 g/mol. The van der Waals surface area contributed by atoms with Crippen LogP contribution in [0, 0.1) is 11.8 Å². The smallest absolute Gasteiger partial charge is 0.311 e. The highest BCUT2D eigenvalue weighted by molar-refractivity contribution is 9.09. The maximum atomic E-state index is 15.0. The number of hydrogen-bond donors (Lipinski definition) is 1. The third kappa shape index (κ3) is 5.97. The van der Waals surface area contributed by atoms with Gasteiger partial charge in [0.25, 0.3) is 5.91 Å². The van der Waals surface area contributed by atoms with Crippen LogP contribution in [-0.2, 0) is 25.5 Å². The van der Waals surface area contributed by atoms with Crippen LogP contribution >= 0.6 is 27.7 Å². The van der Waals surface area contributed by atoms with E-state index in [1.54, 1.807) is 27.6 Å². The molecular formula is C35H42BrN3O5S. The lowest BCUT2D eigenvalue weighted by atomic mass is 9.71. The van der Waals surface area contributed by atoms with E-state index in [4.69, 9.17) is 4.74 Å². The second kappa shape index (κ2) is 14.1. The molecule has 10 heteroatoms. The van der Waals surface area contributed by atoms with Gasteiger partial charge >= 0.3 is 5.97 Å². The molecule has 3 heterocycles. The molecule has 0 saturated carbocycles. The molecule has 2 amide bonds. The highest BCUT2D eigenvalue weighted by atomic mass is 79.9. The summed E-state index contributed by atoms with van der Waals surface area (Å²) >= 11 is 5.35. The molecule has 3 saturated heterocycles. The number of hydrogen-bond acceptors (Lipinski definition) is 7. The lowest BCUT2D eigenvalue weighted by Crippen LogP contribution is -2.58. The van der Waals surface area contributed by atoms with Crippen molar-refractivity contribution < 1.29 is 24.2 Å². The van der Waals surface area contributed by atoms with Crippen LogP contribution in [0.3, 0.4) is 0 Å². The monoisotopic (exact) mass is 695 g/mol. The fraction of sp³-hybridized carbons (Fsp3) is 0.457. The molecule has 2 aromatic carbocycles. The number of carbonyl (C=O) groups is 3. The normalized spacial score (nSPS) is 27.2. The van der Waals surface area contributed by atoms with Crippen LogP contribution in [0.4, 0.5) is 11.4 Å². The van der Waals surface area contributed by atoms with Gasteiger partial charge in [-0.15, -0.1) is 18.3 Å². The lowest BCUT2D eigenvalue weighted by Gasteiger charge is -2.40. The fourth-order valence-corrected chi connectivity index (χ4v) is 11.0. The average Bonchev–Trinajstić information content (AvgIpc) is 3.65. The first-order chi connectivity index (χ1) is 21.8. The van der Waals surface area contributed by atoms with Crippen molar-refractivity contribution in [1.29, 1.82) is 0 Å². The van der Waals surface area contributed by atoms with Gasteiger partial charge in [0.1, 0.15) is 12.6 Å². The van der Waals surface area contributed by atoms with Crippen LogP contribution in [0.1, 0.15) is 25.8 Å². The number of ether oxygens (including phenoxy) is 1. The molecule has 1 spiro atoms. The Morgan fingerprint density at radius 1 is 1.11 bits per heavy atom. The molecule has 2 aromatic rings. The molecule has 5 rings (SSSR count). The highest BCUT2D eigenvalue weighted by Crippen LogP contribution is 2.68. The van der Waals surface area contributed by atoms with Gasteiger partial charge in [0.2, 0.25) is 5.91 Å². The number of fused-ring (bicyclic) bond motifs is 1. The van der Waals surface area contributed by atoms with E-state index in [0.717, 1.165) is 24.3 Å². The number of alkyl halides is 1. The Bertz CT molecular complexity index is 1400. The van der Waals surface area contributed by atoms with Crippen molar-refractivity contribution >= 4 is 56.9 Å². The van der Waals surface area contributed by atoms with Gasteiger partial charge in [-0.1, -0.05) is 65.0 Å². The van der Waals surface area contributed by atoms with E-state index in [2.05, 4.69) is 47.8 Å². The minimum absolute atomic E-state index is 0.0452. The summed E-state index contributed by atoms with van der Waals surface area (Å²) in [6, 6.07) is 15.9. The predicted octanol–water partition coefficient (Wildman–Crippen LogP) is 4.85. The summed E-state index contributed by atoms with van der Waals surface area (Å²) in [5, 5.41) is 10.5. The third-order valence-electron chi connectivity index (χ3n) is 9.36. The van der Waals surface area contributed by atoms with Crippen molar-refractivity contribution in [2.45, 2.75) is 53.6 Å². The first-order valence-corrected chi connectivity index (χ1v) is 17.4. The molecule has 7 atom stereocenters. The van der Waals surface area contributed by atoms with Gasteiger partial charge in [-0.25, -0.2) is 0 Å². The van der Waals surface area contributed by atoms with E-state index < -0.39 is 34.6 Å². The van der Waals surface area contributed by atoms with Crippen molar-refractivity contribution in [2.24, 2.45) is 11.8 Å². The summed E-state index contributed by atoms with van der Waals surface area (Å²) in [5.41, 5.74) is 2.70. The number of aliphatic hydroxyl groups excluding tert-OH is 1. The van der Waals surface area contributed by atoms with Crippen molar-refractivity contribution in [3.05, 3.63) is 85.5 Å². The summed E-state index contributed by atoms with van der Waals surface area (Å²) in [6.07, 6.45) is 4.09. The van der Waals surface area contributed by atoms with E-state index in [1.165, 1.54) is 6.08 Å². The van der Waals surface area contributed by atoms with Crippen LogP contribution in [0.15, 0.2) is 79.9 Å². The molecule has 0 aromatic heterocycles. The Morgan fingerprint density at radius 3 is 2.38 bits per heavy atom. The summed E-state index contributed by atoms with van der Waals surface area (Å²) in [6.45, 7) is 13.5. The number of carbonyl (C=O) groups excluding carboxylic acids is 3. The second-order valence-corrected chi connectivity index (χ2v) is 14.5. The fourth-order valence-electron chi connectivity index (χ4n) is 7.42. The zero-order valence-corrected chi connectivity index (χ0v) is 28.3. The Balaban J connectivity index is 1.59. The van der Waals surface area contributed by atoms with E-state index >= 15 is 4.79 Å². The Morgan fingerprint density at radius 2 is 1.78 bits per heavy atom. The average molecular weight is 697 g/mol. The van der Waals surface area contributed by atoms with E-state index in [9.17, 15) is 14.7 Å². The summed E-state index contributed by atoms with van der Waals surface area (Å²) in [4.78, 5) is 48.6. The number of thioether (sulfide) groups is 1. The van der Waals surface area contributed by atoms with Gasteiger partial charge in [-0.05, 0) is 56.5 Å². The first-order valence-electron chi connectivity index (χ1n) is 15.6. The molecule has 3 aliphatic rings. The maximum absolute atomic E-state index is 15.0. The number of likely N-dealkylation sites (tertiary alicyclic amines) is 1. The number of aliphatic hydroxyl groups is 1.